The van der Waals surface area contributed by atoms with Gasteiger partial charge in [0.2, 0.25) is 0 Å². The number of halogens is 2. The highest BCUT2D eigenvalue weighted by Gasteiger charge is 2.16. The van der Waals surface area contributed by atoms with Crippen LogP contribution in [-0.2, 0) is 6.42 Å². The molecule has 0 saturated carbocycles. The molecule has 0 aliphatic heterocycles. The van der Waals surface area contributed by atoms with Crippen LogP contribution in [0.1, 0.15) is 31.4 Å². The zero-order valence-electron chi connectivity index (χ0n) is 9.50. The molecule has 0 heterocycles. The first-order valence-corrected chi connectivity index (χ1v) is 6.65. The van der Waals surface area contributed by atoms with Crippen LogP contribution in [-0.4, -0.2) is 10.5 Å². The highest BCUT2D eigenvalue weighted by Crippen LogP contribution is 2.29. The molecule has 0 amide bonds. The lowest BCUT2D eigenvalue weighted by Gasteiger charge is -2.26. The summed E-state index contributed by atoms with van der Waals surface area (Å²) in [7, 11) is 0. The lowest BCUT2D eigenvalue weighted by molar-refractivity contribution is 0.445. The van der Waals surface area contributed by atoms with Gasteiger partial charge in [-0.1, -0.05) is 22.0 Å². The fourth-order valence-electron chi connectivity index (χ4n) is 1.95. The van der Waals surface area contributed by atoms with Crippen LogP contribution in [0.3, 0.4) is 0 Å². The van der Waals surface area contributed by atoms with Crippen molar-refractivity contribution in [3.8, 4) is 0 Å². The summed E-state index contributed by atoms with van der Waals surface area (Å²) in [4.78, 5) is 0. The zero-order valence-corrected chi connectivity index (χ0v) is 11.8. The molecule has 2 rings (SSSR count). The van der Waals surface area contributed by atoms with Crippen molar-refractivity contribution in [2.45, 2.75) is 32.7 Å². The third-order valence-electron chi connectivity index (χ3n) is 2.81. The minimum Gasteiger partial charge on any atom is -0.287 e. The van der Waals surface area contributed by atoms with Crippen LogP contribution >= 0.6 is 27.7 Å². The Labute approximate surface area is 110 Å². The standard InChI is InChI=1S/C13H15BrClN/c1-9(2)16(15)13-6-4-10-7-12(14)5-3-11(10)8-13/h3,5,7-9H,4,6H2,1-2H3. The molecule has 0 fully saturated rings. The molecule has 86 valence electrons. The van der Waals surface area contributed by atoms with E-state index < -0.39 is 0 Å². The second-order valence-corrected chi connectivity index (χ2v) is 5.66. The smallest absolute Gasteiger partial charge is 0.0399 e. The van der Waals surface area contributed by atoms with Crippen LogP contribution < -0.4 is 0 Å². The van der Waals surface area contributed by atoms with Crippen LogP contribution in [0.5, 0.6) is 0 Å². The van der Waals surface area contributed by atoms with Crippen LogP contribution in [0.4, 0.5) is 0 Å². The van der Waals surface area contributed by atoms with Gasteiger partial charge < -0.3 is 0 Å². The summed E-state index contributed by atoms with van der Waals surface area (Å²) in [6, 6.07) is 6.75. The SMILES string of the molecule is CC(C)N(Cl)C1=Cc2ccc(Br)cc2CC1. The third-order valence-corrected chi connectivity index (χ3v) is 3.91. The first kappa shape index (κ1) is 12.0. The maximum Gasteiger partial charge on any atom is 0.0399 e. The number of rotatable bonds is 2. The Morgan fingerprint density at radius 3 is 2.75 bits per heavy atom. The Kier molecular flexibility index (Phi) is 3.60. The lowest BCUT2D eigenvalue weighted by atomic mass is 9.95. The van der Waals surface area contributed by atoms with E-state index in [4.69, 9.17) is 11.8 Å². The van der Waals surface area contributed by atoms with Crippen molar-refractivity contribution < 1.29 is 0 Å². The molecule has 0 aromatic heterocycles. The van der Waals surface area contributed by atoms with Gasteiger partial charge in [-0.05, 0) is 56.0 Å². The van der Waals surface area contributed by atoms with E-state index >= 15 is 0 Å². The largest absolute Gasteiger partial charge is 0.287 e. The van der Waals surface area contributed by atoms with Crippen LogP contribution in [0.25, 0.3) is 6.08 Å². The maximum absolute atomic E-state index is 6.25. The number of hydrogen-bond acceptors (Lipinski definition) is 1. The molecule has 0 saturated heterocycles. The maximum atomic E-state index is 6.25. The van der Waals surface area contributed by atoms with Gasteiger partial charge in [-0.15, -0.1) is 0 Å². The van der Waals surface area contributed by atoms with Gasteiger partial charge in [0.25, 0.3) is 0 Å². The number of fused-ring (bicyclic) bond motifs is 1. The van der Waals surface area contributed by atoms with Crippen molar-refractivity contribution in [1.82, 2.24) is 4.42 Å². The summed E-state index contributed by atoms with van der Waals surface area (Å²) in [6.07, 6.45) is 4.28. The Morgan fingerprint density at radius 1 is 1.31 bits per heavy atom. The minimum atomic E-state index is 0.338. The Bertz CT molecular complexity index is 426. The minimum absolute atomic E-state index is 0.338. The number of nitrogens with zero attached hydrogens (tertiary/aromatic N) is 1. The number of allylic oxidation sites excluding steroid dienone is 1. The average molecular weight is 301 g/mol. The first-order valence-electron chi connectivity index (χ1n) is 5.52. The number of aryl methyl sites for hydroxylation is 1. The van der Waals surface area contributed by atoms with Gasteiger partial charge in [0, 0.05) is 28.0 Å². The third kappa shape index (κ3) is 2.44. The molecule has 0 spiro atoms. The topological polar surface area (TPSA) is 3.24 Å². The van der Waals surface area contributed by atoms with E-state index in [0.717, 1.165) is 17.3 Å². The van der Waals surface area contributed by atoms with E-state index in [9.17, 15) is 0 Å². The summed E-state index contributed by atoms with van der Waals surface area (Å²) in [5.74, 6) is 0. The predicted octanol–water partition coefficient (Wildman–Crippen LogP) is 4.60. The van der Waals surface area contributed by atoms with Crippen molar-refractivity contribution in [2.24, 2.45) is 0 Å². The zero-order chi connectivity index (χ0) is 11.7. The van der Waals surface area contributed by atoms with Gasteiger partial charge >= 0.3 is 0 Å². The summed E-state index contributed by atoms with van der Waals surface area (Å²) >= 11 is 9.75. The van der Waals surface area contributed by atoms with Gasteiger partial charge in [0.05, 0.1) is 0 Å². The Balaban J connectivity index is 2.31. The number of benzene rings is 1. The van der Waals surface area contributed by atoms with E-state index in [-0.39, 0.29) is 0 Å². The predicted molar refractivity (Wildman–Crippen MR) is 73.3 cm³/mol. The fraction of sp³-hybridized carbons (Fsp3) is 0.385. The summed E-state index contributed by atoms with van der Waals surface area (Å²) < 4.78 is 2.99. The Hall–Kier alpha value is -0.470. The van der Waals surface area contributed by atoms with E-state index in [1.165, 1.54) is 16.8 Å². The van der Waals surface area contributed by atoms with Gasteiger partial charge in [0.15, 0.2) is 0 Å². The van der Waals surface area contributed by atoms with Crippen LogP contribution in [0, 0.1) is 0 Å². The molecule has 0 radical (unpaired) electrons. The molecule has 0 bridgehead atoms. The molecule has 0 unspecified atom stereocenters. The van der Waals surface area contributed by atoms with E-state index in [0.29, 0.717) is 6.04 Å². The molecule has 16 heavy (non-hydrogen) atoms. The molecule has 1 aliphatic carbocycles. The fourth-order valence-corrected chi connectivity index (χ4v) is 2.49. The van der Waals surface area contributed by atoms with Crippen molar-refractivity contribution in [1.29, 1.82) is 0 Å². The quantitative estimate of drug-likeness (QED) is 0.722. The van der Waals surface area contributed by atoms with Crippen molar-refractivity contribution >= 4 is 33.8 Å². The van der Waals surface area contributed by atoms with E-state index in [2.05, 4.69) is 54.1 Å². The van der Waals surface area contributed by atoms with Crippen LogP contribution in [0.15, 0.2) is 28.4 Å². The summed E-state index contributed by atoms with van der Waals surface area (Å²) in [5.41, 5.74) is 3.90. The molecule has 3 heteroatoms. The van der Waals surface area contributed by atoms with Gasteiger partial charge in [-0.3, -0.25) is 4.42 Å². The van der Waals surface area contributed by atoms with E-state index in [1.807, 2.05) is 4.42 Å². The average Bonchev–Trinajstić information content (AvgIpc) is 2.27. The summed E-state index contributed by atoms with van der Waals surface area (Å²) in [5, 5.41) is 0. The molecule has 1 aromatic rings. The molecule has 1 aliphatic rings. The molecule has 0 N–H and O–H groups in total. The second kappa shape index (κ2) is 4.80. The summed E-state index contributed by atoms with van der Waals surface area (Å²) in [6.45, 7) is 4.20. The first-order chi connectivity index (χ1) is 7.58. The van der Waals surface area contributed by atoms with Crippen molar-refractivity contribution in [3.05, 3.63) is 39.5 Å². The Morgan fingerprint density at radius 2 is 2.06 bits per heavy atom. The number of hydrogen-bond donors (Lipinski definition) is 0. The highest BCUT2D eigenvalue weighted by atomic mass is 79.9. The molecule has 0 atom stereocenters. The van der Waals surface area contributed by atoms with Crippen molar-refractivity contribution in [3.63, 3.8) is 0 Å². The lowest BCUT2D eigenvalue weighted by Crippen LogP contribution is -2.21. The van der Waals surface area contributed by atoms with Crippen LogP contribution in [0.2, 0.25) is 0 Å². The monoisotopic (exact) mass is 299 g/mol. The van der Waals surface area contributed by atoms with Gasteiger partial charge in [-0.2, -0.15) is 0 Å². The second-order valence-electron chi connectivity index (χ2n) is 4.38. The highest BCUT2D eigenvalue weighted by molar-refractivity contribution is 9.10. The molecule has 1 aromatic carbocycles. The van der Waals surface area contributed by atoms with Gasteiger partial charge in [-0.25, -0.2) is 0 Å². The molecular formula is C13H15BrClN. The molecule has 1 nitrogen and oxygen atoms in total. The normalized spacial score (nSPS) is 14.7. The van der Waals surface area contributed by atoms with Gasteiger partial charge in [0.1, 0.15) is 0 Å². The van der Waals surface area contributed by atoms with E-state index in [1.54, 1.807) is 0 Å². The molecular weight excluding hydrogens is 286 g/mol. The van der Waals surface area contributed by atoms with Crippen molar-refractivity contribution in [2.75, 3.05) is 0 Å².